The summed E-state index contributed by atoms with van der Waals surface area (Å²) in [5.41, 5.74) is 5.41. The summed E-state index contributed by atoms with van der Waals surface area (Å²) in [6, 6.07) is 10.6. The van der Waals surface area contributed by atoms with Crippen molar-refractivity contribution >= 4 is 29.3 Å². The van der Waals surface area contributed by atoms with Crippen LogP contribution in [0.25, 0.3) is 0 Å². The van der Waals surface area contributed by atoms with Crippen molar-refractivity contribution in [2.24, 2.45) is 5.41 Å². The van der Waals surface area contributed by atoms with Crippen molar-refractivity contribution in [3.63, 3.8) is 0 Å². The molecule has 3 aliphatic heterocycles. The van der Waals surface area contributed by atoms with Gasteiger partial charge in [0.15, 0.2) is 0 Å². The summed E-state index contributed by atoms with van der Waals surface area (Å²) in [5, 5.41) is 5.57. The van der Waals surface area contributed by atoms with Crippen LogP contribution in [0.5, 0.6) is 0 Å². The Morgan fingerprint density at radius 1 is 1.03 bits per heavy atom. The lowest BCUT2D eigenvalue weighted by atomic mass is 9.78. The van der Waals surface area contributed by atoms with Gasteiger partial charge in [-0.05, 0) is 60.4 Å². The first kappa shape index (κ1) is 23.9. The molecular formula is C29H32N4O4. The molecule has 192 valence electrons. The van der Waals surface area contributed by atoms with Gasteiger partial charge in [-0.2, -0.15) is 0 Å². The number of likely N-dealkylation sites (tertiary alicyclic amines) is 1. The van der Waals surface area contributed by atoms with Crippen LogP contribution < -0.4 is 10.6 Å². The number of piperidine rings is 1. The average Bonchev–Trinajstić information content (AvgIpc) is 3.43. The highest BCUT2D eigenvalue weighted by molar-refractivity contribution is 6.25. The fraction of sp³-hybridized carbons (Fsp3) is 0.448. The number of carbonyl (C=O) groups excluding carboxylic acids is 4. The lowest BCUT2D eigenvalue weighted by Crippen LogP contribution is -2.54. The van der Waals surface area contributed by atoms with Crippen LogP contribution in [0.2, 0.25) is 0 Å². The van der Waals surface area contributed by atoms with E-state index in [4.69, 9.17) is 0 Å². The number of carbonyl (C=O) groups is 4. The topological polar surface area (TPSA) is 98.8 Å². The number of nitrogens with zero attached hydrogens (tertiary/aromatic N) is 2. The van der Waals surface area contributed by atoms with Gasteiger partial charge in [0.05, 0.1) is 11.1 Å². The van der Waals surface area contributed by atoms with Crippen molar-refractivity contribution in [3.05, 3.63) is 64.2 Å². The lowest BCUT2D eigenvalue weighted by molar-refractivity contribution is -0.136. The minimum Gasteiger partial charge on any atom is -0.380 e. The molecule has 2 aromatic rings. The molecule has 1 atom stereocenters. The van der Waals surface area contributed by atoms with Crippen LogP contribution in [0.4, 0.5) is 5.69 Å². The highest BCUT2D eigenvalue weighted by Crippen LogP contribution is 2.45. The molecule has 1 saturated carbocycles. The van der Waals surface area contributed by atoms with Crippen molar-refractivity contribution in [1.82, 2.24) is 15.1 Å². The zero-order valence-electron chi connectivity index (χ0n) is 21.1. The summed E-state index contributed by atoms with van der Waals surface area (Å²) >= 11 is 0. The first-order valence-electron chi connectivity index (χ1n) is 13.2. The van der Waals surface area contributed by atoms with Crippen molar-refractivity contribution in [2.45, 2.75) is 64.6 Å². The molecule has 8 heteroatoms. The summed E-state index contributed by atoms with van der Waals surface area (Å²) in [7, 11) is 0. The second-order valence-corrected chi connectivity index (χ2v) is 11.1. The van der Waals surface area contributed by atoms with E-state index in [1.165, 1.54) is 49.9 Å². The van der Waals surface area contributed by atoms with Gasteiger partial charge in [0.2, 0.25) is 11.8 Å². The third-order valence-electron chi connectivity index (χ3n) is 8.53. The molecule has 3 heterocycles. The predicted molar refractivity (Wildman–Crippen MR) is 138 cm³/mol. The summed E-state index contributed by atoms with van der Waals surface area (Å²) in [6.45, 7) is 6.07. The Hall–Kier alpha value is -3.52. The zero-order valence-corrected chi connectivity index (χ0v) is 21.1. The van der Waals surface area contributed by atoms with Crippen molar-refractivity contribution in [1.29, 1.82) is 0 Å². The highest BCUT2D eigenvalue weighted by Gasteiger charge is 2.46. The Morgan fingerprint density at radius 2 is 1.81 bits per heavy atom. The van der Waals surface area contributed by atoms with E-state index >= 15 is 0 Å². The maximum absolute atomic E-state index is 13.3. The fourth-order valence-corrected chi connectivity index (χ4v) is 6.60. The summed E-state index contributed by atoms with van der Waals surface area (Å²) in [6.07, 6.45) is 5.78. The second-order valence-electron chi connectivity index (χ2n) is 11.1. The molecule has 4 amide bonds. The van der Waals surface area contributed by atoms with Gasteiger partial charge in [-0.25, -0.2) is 0 Å². The first-order valence-corrected chi connectivity index (χ1v) is 13.2. The summed E-state index contributed by atoms with van der Waals surface area (Å²) in [5.74, 6) is -1.99. The van der Waals surface area contributed by atoms with E-state index in [0.717, 1.165) is 17.0 Å². The number of nitrogens with one attached hydrogen (secondary N) is 2. The van der Waals surface area contributed by atoms with E-state index in [1.807, 2.05) is 0 Å². The molecule has 2 N–H and O–H groups in total. The standard InChI is InChI=1S/C29H32N4O4/c1-18-13-19(7-8-20(18)15-32-16-29(17-32)11-2-3-12-29)14-30-22-6-4-5-21-25(22)28(37)33(27(21)36)23-9-10-24(34)31-26(23)35/h4-8,13,23,30H,2-3,9-12,14-17H2,1H3,(H,31,34,35). The van der Waals surface area contributed by atoms with E-state index < -0.39 is 23.8 Å². The van der Waals surface area contributed by atoms with Gasteiger partial charge in [0, 0.05) is 38.3 Å². The van der Waals surface area contributed by atoms with Gasteiger partial charge in [-0.1, -0.05) is 37.1 Å². The minimum atomic E-state index is -0.969. The molecule has 2 saturated heterocycles. The van der Waals surface area contributed by atoms with Gasteiger partial charge in [0.25, 0.3) is 11.8 Å². The number of hydrogen-bond donors (Lipinski definition) is 2. The van der Waals surface area contributed by atoms with E-state index in [0.29, 0.717) is 17.6 Å². The molecule has 0 radical (unpaired) electrons. The van der Waals surface area contributed by atoms with E-state index in [1.54, 1.807) is 18.2 Å². The van der Waals surface area contributed by atoms with E-state index in [2.05, 4.69) is 40.7 Å². The molecule has 2 aromatic carbocycles. The van der Waals surface area contributed by atoms with Crippen LogP contribution in [0.3, 0.4) is 0 Å². The molecule has 8 nitrogen and oxygen atoms in total. The average molecular weight is 501 g/mol. The van der Waals surface area contributed by atoms with Crippen LogP contribution in [0, 0.1) is 12.3 Å². The first-order chi connectivity index (χ1) is 17.8. The van der Waals surface area contributed by atoms with Crippen molar-refractivity contribution in [3.8, 4) is 0 Å². The third kappa shape index (κ3) is 4.23. The number of amides is 4. The molecular weight excluding hydrogens is 468 g/mol. The lowest BCUT2D eigenvalue weighted by Gasteiger charge is -2.48. The largest absolute Gasteiger partial charge is 0.380 e. The highest BCUT2D eigenvalue weighted by atomic mass is 16.2. The third-order valence-corrected chi connectivity index (χ3v) is 8.53. The molecule has 0 aromatic heterocycles. The van der Waals surface area contributed by atoms with Gasteiger partial charge in [-0.15, -0.1) is 0 Å². The van der Waals surface area contributed by atoms with E-state index in [9.17, 15) is 19.2 Å². The number of benzene rings is 2. The van der Waals surface area contributed by atoms with Crippen LogP contribution >= 0.6 is 0 Å². The molecule has 1 unspecified atom stereocenters. The van der Waals surface area contributed by atoms with Gasteiger partial charge in [-0.3, -0.25) is 34.3 Å². The second kappa shape index (κ2) is 9.10. The van der Waals surface area contributed by atoms with Crippen LogP contribution in [0.1, 0.15) is 75.9 Å². The summed E-state index contributed by atoms with van der Waals surface area (Å²) < 4.78 is 0. The van der Waals surface area contributed by atoms with Crippen LogP contribution in [-0.2, 0) is 22.7 Å². The zero-order chi connectivity index (χ0) is 25.7. The number of fused-ring (bicyclic) bond motifs is 1. The number of aryl methyl sites for hydroxylation is 1. The number of imide groups is 2. The van der Waals surface area contributed by atoms with Crippen molar-refractivity contribution in [2.75, 3.05) is 18.4 Å². The van der Waals surface area contributed by atoms with Gasteiger partial charge >= 0.3 is 0 Å². The van der Waals surface area contributed by atoms with E-state index in [-0.39, 0.29) is 29.9 Å². The molecule has 1 spiro atoms. The predicted octanol–water partition coefficient (Wildman–Crippen LogP) is 3.38. The molecule has 1 aliphatic carbocycles. The molecule has 4 aliphatic rings. The number of hydrogen-bond acceptors (Lipinski definition) is 6. The smallest absolute Gasteiger partial charge is 0.264 e. The maximum atomic E-state index is 13.3. The SMILES string of the molecule is Cc1cc(CNc2cccc3c2C(=O)N(C2CCC(=O)NC2=O)C3=O)ccc1CN1CC2(CCCC2)C1. The minimum absolute atomic E-state index is 0.100. The van der Waals surface area contributed by atoms with Gasteiger partial charge < -0.3 is 5.32 Å². The number of anilines is 1. The molecule has 37 heavy (non-hydrogen) atoms. The number of rotatable bonds is 6. The molecule has 3 fully saturated rings. The molecule has 6 rings (SSSR count). The normalized spacial score (nSPS) is 22.8. The Morgan fingerprint density at radius 3 is 2.54 bits per heavy atom. The summed E-state index contributed by atoms with van der Waals surface area (Å²) in [4.78, 5) is 53.8. The Bertz CT molecular complexity index is 1300. The fourth-order valence-electron chi connectivity index (χ4n) is 6.60. The Labute approximate surface area is 216 Å². The van der Waals surface area contributed by atoms with Gasteiger partial charge in [0.1, 0.15) is 6.04 Å². The monoisotopic (exact) mass is 500 g/mol. The molecule has 0 bridgehead atoms. The van der Waals surface area contributed by atoms with Crippen LogP contribution in [-0.4, -0.2) is 52.6 Å². The van der Waals surface area contributed by atoms with Crippen LogP contribution in [0.15, 0.2) is 36.4 Å². The van der Waals surface area contributed by atoms with Crippen molar-refractivity contribution < 1.29 is 19.2 Å². The Kier molecular flexibility index (Phi) is 5.87. The maximum Gasteiger partial charge on any atom is 0.264 e. The quantitative estimate of drug-likeness (QED) is 0.590. The Balaban J connectivity index is 1.13.